The van der Waals surface area contributed by atoms with Crippen LogP contribution in [0.1, 0.15) is 26.3 Å². The molecular weight excluding hydrogens is 380 g/mol. The molecule has 30 heavy (non-hydrogen) atoms. The van der Waals surface area contributed by atoms with Crippen LogP contribution < -0.4 is 0 Å². The Balaban J connectivity index is 1.60. The predicted molar refractivity (Wildman–Crippen MR) is 112 cm³/mol. The van der Waals surface area contributed by atoms with Gasteiger partial charge in [0.05, 0.1) is 35.1 Å². The lowest BCUT2D eigenvalue weighted by atomic mass is 10.1. The van der Waals surface area contributed by atoms with Gasteiger partial charge in [0.15, 0.2) is 0 Å². The molecule has 0 aliphatic carbocycles. The van der Waals surface area contributed by atoms with Gasteiger partial charge in [0.25, 0.3) is 0 Å². The van der Waals surface area contributed by atoms with E-state index < -0.39 is 11.9 Å². The number of esters is 2. The van der Waals surface area contributed by atoms with Crippen molar-refractivity contribution in [2.45, 2.75) is 6.61 Å². The van der Waals surface area contributed by atoms with E-state index in [9.17, 15) is 9.59 Å². The van der Waals surface area contributed by atoms with E-state index in [1.807, 2.05) is 42.5 Å². The zero-order chi connectivity index (χ0) is 20.9. The fourth-order valence-electron chi connectivity index (χ4n) is 3.07. The summed E-state index contributed by atoms with van der Waals surface area (Å²) in [5.74, 6) is -0.869. The molecule has 0 N–H and O–H groups in total. The van der Waals surface area contributed by atoms with Crippen LogP contribution in [0.3, 0.4) is 0 Å². The minimum absolute atomic E-state index is 0.0792. The molecule has 0 unspecified atom stereocenters. The van der Waals surface area contributed by atoms with Gasteiger partial charge in [0.1, 0.15) is 6.61 Å². The third-order valence-corrected chi connectivity index (χ3v) is 4.61. The molecule has 0 fully saturated rings. The number of hydrogen-bond donors (Lipinski definition) is 0. The van der Waals surface area contributed by atoms with E-state index in [-0.39, 0.29) is 6.61 Å². The summed E-state index contributed by atoms with van der Waals surface area (Å²) >= 11 is 0. The molecular formula is C24H18N2O4. The maximum atomic E-state index is 12.9. The van der Waals surface area contributed by atoms with Gasteiger partial charge in [-0.1, -0.05) is 36.4 Å². The number of nitrogens with zero attached hydrogens (tertiary/aromatic N) is 2. The van der Waals surface area contributed by atoms with E-state index in [1.165, 1.54) is 7.11 Å². The van der Waals surface area contributed by atoms with Crippen molar-refractivity contribution in [3.63, 3.8) is 0 Å². The van der Waals surface area contributed by atoms with Crippen molar-refractivity contribution in [2.24, 2.45) is 0 Å². The zero-order valence-electron chi connectivity index (χ0n) is 16.2. The van der Waals surface area contributed by atoms with Crippen LogP contribution in [-0.4, -0.2) is 29.0 Å². The van der Waals surface area contributed by atoms with Gasteiger partial charge in [-0.05, 0) is 42.0 Å². The van der Waals surface area contributed by atoms with Crippen molar-refractivity contribution in [3.05, 3.63) is 95.7 Å². The Kier molecular flexibility index (Phi) is 5.48. The minimum atomic E-state index is -0.456. The molecule has 2 heterocycles. The minimum Gasteiger partial charge on any atom is -0.465 e. The Hall–Kier alpha value is -4.06. The van der Waals surface area contributed by atoms with Crippen LogP contribution >= 0.6 is 0 Å². The molecule has 0 saturated carbocycles. The number of carbonyl (C=O) groups is 2. The summed E-state index contributed by atoms with van der Waals surface area (Å²) in [6, 6.07) is 21.4. The summed E-state index contributed by atoms with van der Waals surface area (Å²) in [4.78, 5) is 33.4. The zero-order valence-corrected chi connectivity index (χ0v) is 16.2. The van der Waals surface area contributed by atoms with E-state index in [2.05, 4.69) is 14.7 Å². The lowest BCUT2D eigenvalue weighted by Gasteiger charge is -2.10. The molecule has 0 aliphatic rings. The van der Waals surface area contributed by atoms with Crippen LogP contribution in [0, 0.1) is 0 Å². The predicted octanol–water partition coefficient (Wildman–Crippen LogP) is 4.44. The van der Waals surface area contributed by atoms with Crippen LogP contribution in [0.2, 0.25) is 0 Å². The van der Waals surface area contributed by atoms with Gasteiger partial charge in [0, 0.05) is 11.6 Å². The van der Waals surface area contributed by atoms with Gasteiger partial charge in [-0.3, -0.25) is 4.98 Å². The highest BCUT2D eigenvalue weighted by molar-refractivity contribution is 6.04. The maximum Gasteiger partial charge on any atom is 0.339 e. The second-order valence-corrected chi connectivity index (χ2v) is 6.55. The summed E-state index contributed by atoms with van der Waals surface area (Å²) in [6.07, 6.45) is 1.68. The average molecular weight is 398 g/mol. The molecule has 4 rings (SSSR count). The smallest absolute Gasteiger partial charge is 0.339 e. The molecule has 0 spiro atoms. The van der Waals surface area contributed by atoms with Crippen LogP contribution in [0.4, 0.5) is 0 Å². The number of ether oxygens (including phenoxy) is 2. The average Bonchev–Trinajstić information content (AvgIpc) is 2.82. The standard InChI is InChI=1S/C24H18N2O4/c1-29-23(27)17-11-9-16(10-12-17)15-30-24(28)19-14-22(21-8-4-5-13-25-21)26-20-7-3-2-6-18(19)20/h2-14H,15H2,1H3. The molecule has 6 nitrogen and oxygen atoms in total. The second kappa shape index (κ2) is 8.53. The summed E-state index contributed by atoms with van der Waals surface area (Å²) in [5, 5.41) is 0.711. The third kappa shape index (κ3) is 4.03. The van der Waals surface area contributed by atoms with Gasteiger partial charge < -0.3 is 9.47 Å². The number of hydrogen-bond acceptors (Lipinski definition) is 6. The Morgan fingerprint density at radius 1 is 0.867 bits per heavy atom. The fraction of sp³-hybridized carbons (Fsp3) is 0.0833. The Morgan fingerprint density at radius 3 is 2.37 bits per heavy atom. The lowest BCUT2D eigenvalue weighted by molar-refractivity contribution is 0.0473. The number of para-hydroxylation sites is 1. The van der Waals surface area contributed by atoms with Crippen LogP contribution in [0.15, 0.2) is 79.0 Å². The normalized spacial score (nSPS) is 10.6. The highest BCUT2D eigenvalue weighted by atomic mass is 16.5. The molecule has 0 saturated heterocycles. The molecule has 2 aromatic heterocycles. The number of rotatable bonds is 5. The number of fused-ring (bicyclic) bond motifs is 1. The van der Waals surface area contributed by atoms with Crippen molar-refractivity contribution in [1.82, 2.24) is 9.97 Å². The SMILES string of the molecule is COC(=O)c1ccc(COC(=O)c2cc(-c3ccccn3)nc3ccccc23)cc1. The van der Waals surface area contributed by atoms with E-state index in [4.69, 9.17) is 4.74 Å². The van der Waals surface area contributed by atoms with Crippen LogP contribution in [0.25, 0.3) is 22.3 Å². The summed E-state index contributed by atoms with van der Waals surface area (Å²) in [5.41, 5.74) is 3.59. The van der Waals surface area contributed by atoms with Gasteiger partial charge in [-0.2, -0.15) is 0 Å². The van der Waals surface area contributed by atoms with Crippen LogP contribution in [0.5, 0.6) is 0 Å². The largest absolute Gasteiger partial charge is 0.465 e. The first-order valence-corrected chi connectivity index (χ1v) is 9.31. The lowest BCUT2D eigenvalue weighted by Crippen LogP contribution is -2.08. The maximum absolute atomic E-state index is 12.9. The Morgan fingerprint density at radius 2 is 1.63 bits per heavy atom. The molecule has 0 radical (unpaired) electrons. The fourth-order valence-corrected chi connectivity index (χ4v) is 3.07. The highest BCUT2D eigenvalue weighted by Crippen LogP contribution is 2.24. The van der Waals surface area contributed by atoms with Crippen molar-refractivity contribution in [1.29, 1.82) is 0 Å². The molecule has 0 atom stereocenters. The van der Waals surface area contributed by atoms with Crippen molar-refractivity contribution >= 4 is 22.8 Å². The van der Waals surface area contributed by atoms with E-state index >= 15 is 0 Å². The summed E-state index contributed by atoms with van der Waals surface area (Å²) < 4.78 is 10.2. The Labute approximate surface area is 173 Å². The van der Waals surface area contributed by atoms with Gasteiger partial charge in [0.2, 0.25) is 0 Å². The van der Waals surface area contributed by atoms with Crippen molar-refractivity contribution in [2.75, 3.05) is 7.11 Å². The monoisotopic (exact) mass is 398 g/mol. The summed E-state index contributed by atoms with van der Waals surface area (Å²) in [6.45, 7) is 0.0792. The molecule has 0 amide bonds. The van der Waals surface area contributed by atoms with Crippen molar-refractivity contribution in [3.8, 4) is 11.4 Å². The molecule has 6 heteroatoms. The Bertz CT molecular complexity index is 1210. The first-order chi connectivity index (χ1) is 14.7. The third-order valence-electron chi connectivity index (χ3n) is 4.61. The highest BCUT2D eigenvalue weighted by Gasteiger charge is 2.16. The number of pyridine rings is 2. The topological polar surface area (TPSA) is 78.4 Å². The number of aromatic nitrogens is 2. The number of carbonyl (C=O) groups excluding carboxylic acids is 2. The van der Waals surface area contributed by atoms with Gasteiger partial charge in [-0.15, -0.1) is 0 Å². The van der Waals surface area contributed by atoms with Gasteiger partial charge in [-0.25, -0.2) is 14.6 Å². The van der Waals surface area contributed by atoms with E-state index in [0.29, 0.717) is 33.4 Å². The van der Waals surface area contributed by atoms with E-state index in [0.717, 1.165) is 5.56 Å². The second-order valence-electron chi connectivity index (χ2n) is 6.55. The quantitative estimate of drug-likeness (QED) is 0.463. The molecule has 0 bridgehead atoms. The first-order valence-electron chi connectivity index (χ1n) is 9.31. The molecule has 0 aliphatic heterocycles. The van der Waals surface area contributed by atoms with Gasteiger partial charge >= 0.3 is 11.9 Å². The number of methoxy groups -OCH3 is 1. The number of benzene rings is 2. The van der Waals surface area contributed by atoms with Crippen molar-refractivity contribution < 1.29 is 19.1 Å². The molecule has 148 valence electrons. The molecule has 4 aromatic rings. The first kappa shape index (κ1) is 19.3. The molecule has 2 aromatic carbocycles. The van der Waals surface area contributed by atoms with Crippen LogP contribution in [-0.2, 0) is 16.1 Å². The summed E-state index contributed by atoms with van der Waals surface area (Å²) in [7, 11) is 1.33. The van der Waals surface area contributed by atoms with E-state index in [1.54, 1.807) is 36.5 Å².